The molecule has 3 aromatic carbocycles. The Labute approximate surface area is 226 Å². The molecule has 4 aromatic rings. The largest absolute Gasteiger partial charge is 0.369 e. The van der Waals surface area contributed by atoms with Gasteiger partial charge in [0.25, 0.3) is 0 Å². The van der Waals surface area contributed by atoms with Gasteiger partial charge in [0.1, 0.15) is 11.6 Å². The molecule has 0 amide bonds. The van der Waals surface area contributed by atoms with E-state index in [1.54, 1.807) is 42.6 Å². The molecular formula is C29H28FN5O3S. The van der Waals surface area contributed by atoms with Crippen molar-refractivity contribution >= 4 is 33.3 Å². The first kappa shape index (κ1) is 26.5. The van der Waals surface area contributed by atoms with Crippen molar-refractivity contribution in [3.63, 3.8) is 0 Å². The minimum atomic E-state index is -3.60. The van der Waals surface area contributed by atoms with Crippen LogP contribution in [0.5, 0.6) is 0 Å². The van der Waals surface area contributed by atoms with Gasteiger partial charge < -0.3 is 10.6 Å². The molecule has 0 unspecified atom stereocenters. The van der Waals surface area contributed by atoms with Gasteiger partial charge in [-0.15, -0.1) is 0 Å². The van der Waals surface area contributed by atoms with Crippen LogP contribution in [-0.4, -0.2) is 37.3 Å². The highest BCUT2D eigenvalue weighted by Gasteiger charge is 2.16. The lowest BCUT2D eigenvalue weighted by Crippen LogP contribution is -2.25. The van der Waals surface area contributed by atoms with Crippen LogP contribution in [-0.2, 0) is 16.4 Å². The number of nitrogens with one attached hydrogen (secondary N) is 3. The van der Waals surface area contributed by atoms with Gasteiger partial charge in [-0.1, -0.05) is 42.5 Å². The average Bonchev–Trinajstić information content (AvgIpc) is 2.94. The molecule has 0 aliphatic carbocycles. The maximum Gasteiger partial charge on any atom is 0.240 e. The van der Waals surface area contributed by atoms with E-state index in [2.05, 4.69) is 25.3 Å². The van der Waals surface area contributed by atoms with E-state index in [4.69, 9.17) is 0 Å². The fourth-order valence-corrected chi connectivity index (χ4v) is 5.44. The summed E-state index contributed by atoms with van der Waals surface area (Å²) in [6, 6.07) is 20.2. The summed E-state index contributed by atoms with van der Waals surface area (Å²) < 4.78 is 41.2. The Hall–Kier alpha value is -4.15. The molecule has 0 fully saturated rings. The standard InChI is InChI=1S/C29H28FN5O3S/c30-23-6-3-5-22(17-23)27(36)14-11-20-9-12-21(13-10-20)26-19-32-29-34-24-7-4-8-25(18-24)39(37,38)33-16-2-1-15-31-28(26)35-29/h3-10,12-13,17-19,33H,1-2,11,14-16H2,(H2,31,32,34,35). The summed E-state index contributed by atoms with van der Waals surface area (Å²) in [7, 11) is -3.60. The number of nitrogens with zero attached hydrogens (tertiary/aromatic N) is 2. The number of Topliss-reactive ketones (excluding diaryl/α,β-unsaturated/α-hetero) is 1. The predicted octanol–water partition coefficient (Wildman–Crippen LogP) is 5.33. The topological polar surface area (TPSA) is 113 Å². The summed E-state index contributed by atoms with van der Waals surface area (Å²) in [6.07, 6.45) is 3.97. The molecule has 1 aliphatic rings. The molecular weight excluding hydrogens is 517 g/mol. The quantitative estimate of drug-likeness (QED) is 0.291. The average molecular weight is 546 g/mol. The van der Waals surface area contributed by atoms with E-state index in [0.29, 0.717) is 48.9 Å². The molecule has 0 spiro atoms. The van der Waals surface area contributed by atoms with Gasteiger partial charge in [-0.2, -0.15) is 4.98 Å². The Morgan fingerprint density at radius 3 is 2.56 bits per heavy atom. The smallest absolute Gasteiger partial charge is 0.240 e. The van der Waals surface area contributed by atoms with E-state index in [0.717, 1.165) is 23.1 Å². The summed E-state index contributed by atoms with van der Waals surface area (Å²) in [5.41, 5.74) is 3.67. The van der Waals surface area contributed by atoms with Crippen LogP contribution in [0, 0.1) is 5.82 Å². The molecule has 0 saturated heterocycles. The molecule has 0 saturated carbocycles. The van der Waals surface area contributed by atoms with Crippen LogP contribution < -0.4 is 15.4 Å². The number of benzene rings is 3. The molecule has 200 valence electrons. The Morgan fingerprint density at radius 2 is 1.74 bits per heavy atom. The number of fused-ring (bicyclic) bond motifs is 4. The highest BCUT2D eigenvalue weighted by molar-refractivity contribution is 7.89. The monoisotopic (exact) mass is 545 g/mol. The number of aromatic nitrogens is 2. The molecule has 3 N–H and O–H groups in total. The SMILES string of the molecule is O=C(CCc1ccc(-c2cnc3nc2NCCCCNS(=O)(=O)c2cccc(c2)N3)cc1)c1cccc(F)c1. The van der Waals surface area contributed by atoms with Gasteiger partial charge in [-0.3, -0.25) is 4.79 Å². The zero-order valence-electron chi connectivity index (χ0n) is 21.2. The van der Waals surface area contributed by atoms with E-state index < -0.39 is 15.8 Å². The zero-order chi connectivity index (χ0) is 27.2. The fourth-order valence-electron chi connectivity index (χ4n) is 4.32. The molecule has 10 heteroatoms. The highest BCUT2D eigenvalue weighted by atomic mass is 32.2. The van der Waals surface area contributed by atoms with Gasteiger partial charge in [0.15, 0.2) is 5.78 Å². The Kier molecular flexibility index (Phi) is 7.94. The lowest BCUT2D eigenvalue weighted by atomic mass is 10.0. The van der Waals surface area contributed by atoms with E-state index in [-0.39, 0.29) is 17.1 Å². The van der Waals surface area contributed by atoms with Crippen LogP contribution in [0.15, 0.2) is 83.9 Å². The number of anilines is 3. The molecule has 0 atom stereocenters. The van der Waals surface area contributed by atoms with E-state index >= 15 is 0 Å². The number of sulfonamides is 1. The van der Waals surface area contributed by atoms with Gasteiger partial charge in [0, 0.05) is 42.5 Å². The Morgan fingerprint density at radius 1 is 0.949 bits per heavy atom. The molecule has 1 aromatic heterocycles. The second kappa shape index (κ2) is 11.7. The predicted molar refractivity (Wildman–Crippen MR) is 149 cm³/mol. The first-order valence-electron chi connectivity index (χ1n) is 12.7. The number of halogens is 1. The minimum absolute atomic E-state index is 0.0976. The van der Waals surface area contributed by atoms with E-state index in [9.17, 15) is 17.6 Å². The van der Waals surface area contributed by atoms with Crippen molar-refractivity contribution in [3.8, 4) is 11.1 Å². The number of carbonyl (C=O) groups excluding carboxylic acids is 1. The van der Waals surface area contributed by atoms with Crippen LogP contribution in [0.25, 0.3) is 11.1 Å². The maximum absolute atomic E-state index is 13.4. The molecule has 5 rings (SSSR count). The Bertz CT molecular complexity index is 1590. The van der Waals surface area contributed by atoms with Crippen LogP contribution in [0.4, 0.5) is 21.8 Å². The van der Waals surface area contributed by atoms with Crippen molar-refractivity contribution in [1.82, 2.24) is 14.7 Å². The third-order valence-corrected chi connectivity index (χ3v) is 7.89. The van der Waals surface area contributed by atoms with Crippen molar-refractivity contribution in [2.75, 3.05) is 23.7 Å². The molecule has 1 aliphatic heterocycles. The lowest BCUT2D eigenvalue weighted by molar-refractivity contribution is 0.0982. The molecule has 4 bridgehead atoms. The van der Waals surface area contributed by atoms with E-state index in [1.807, 2.05) is 24.3 Å². The molecule has 8 nitrogen and oxygen atoms in total. The number of ketones is 1. The second-order valence-electron chi connectivity index (χ2n) is 9.27. The van der Waals surface area contributed by atoms with Gasteiger partial charge in [-0.05, 0) is 60.7 Å². The van der Waals surface area contributed by atoms with Gasteiger partial charge >= 0.3 is 0 Å². The van der Waals surface area contributed by atoms with Crippen LogP contribution in [0.2, 0.25) is 0 Å². The first-order valence-corrected chi connectivity index (χ1v) is 14.2. The second-order valence-corrected chi connectivity index (χ2v) is 11.0. The number of aryl methyl sites for hydroxylation is 1. The summed E-state index contributed by atoms with van der Waals surface area (Å²) in [6.45, 7) is 0.948. The van der Waals surface area contributed by atoms with Crippen LogP contribution >= 0.6 is 0 Å². The summed E-state index contributed by atoms with van der Waals surface area (Å²) in [5, 5.41) is 6.46. The van der Waals surface area contributed by atoms with Crippen molar-refractivity contribution in [2.24, 2.45) is 0 Å². The third kappa shape index (κ3) is 6.65. The summed E-state index contributed by atoms with van der Waals surface area (Å²) in [5.74, 6) is 0.488. The van der Waals surface area contributed by atoms with Gasteiger partial charge in [0.05, 0.1) is 4.90 Å². The number of hydrogen-bond donors (Lipinski definition) is 3. The van der Waals surface area contributed by atoms with Crippen molar-refractivity contribution in [3.05, 3.63) is 95.9 Å². The van der Waals surface area contributed by atoms with Crippen molar-refractivity contribution < 1.29 is 17.6 Å². The maximum atomic E-state index is 13.4. The number of rotatable bonds is 5. The molecule has 0 radical (unpaired) electrons. The number of hydrogen-bond acceptors (Lipinski definition) is 7. The molecule has 39 heavy (non-hydrogen) atoms. The highest BCUT2D eigenvalue weighted by Crippen LogP contribution is 2.29. The number of carbonyl (C=O) groups is 1. The van der Waals surface area contributed by atoms with Gasteiger partial charge in [0.2, 0.25) is 16.0 Å². The van der Waals surface area contributed by atoms with Gasteiger partial charge in [-0.25, -0.2) is 22.5 Å². The van der Waals surface area contributed by atoms with E-state index in [1.165, 1.54) is 12.1 Å². The Balaban J connectivity index is 1.34. The minimum Gasteiger partial charge on any atom is -0.369 e. The normalized spacial score (nSPS) is 14.9. The zero-order valence-corrected chi connectivity index (χ0v) is 22.0. The summed E-state index contributed by atoms with van der Waals surface area (Å²) in [4.78, 5) is 21.8. The first-order chi connectivity index (χ1) is 18.9. The summed E-state index contributed by atoms with van der Waals surface area (Å²) >= 11 is 0. The van der Waals surface area contributed by atoms with Crippen molar-refractivity contribution in [2.45, 2.75) is 30.6 Å². The fraction of sp³-hybridized carbons (Fsp3) is 0.207. The third-order valence-electron chi connectivity index (χ3n) is 6.43. The van der Waals surface area contributed by atoms with Crippen LogP contribution in [0.3, 0.4) is 0 Å². The van der Waals surface area contributed by atoms with Crippen LogP contribution in [0.1, 0.15) is 35.2 Å². The lowest BCUT2D eigenvalue weighted by Gasteiger charge is -2.15. The van der Waals surface area contributed by atoms with Crippen molar-refractivity contribution in [1.29, 1.82) is 0 Å². The molecule has 2 heterocycles.